The largest absolute Gasteiger partial charge is 0.456 e. The number of benzene rings is 9. The van der Waals surface area contributed by atoms with Gasteiger partial charge in [-0.05, 0) is 118 Å². The summed E-state index contributed by atoms with van der Waals surface area (Å²) in [4.78, 5) is 6.22. The average molecular weight is 853 g/mol. The number of aliphatic imine (C=N–C) groups is 1. The lowest BCUT2D eigenvalue weighted by Gasteiger charge is -2.35. The van der Waals surface area contributed by atoms with Crippen LogP contribution < -0.4 is 0 Å². The highest BCUT2D eigenvalue weighted by Gasteiger charge is 2.36. The van der Waals surface area contributed by atoms with E-state index < -0.39 is 0 Å². The van der Waals surface area contributed by atoms with E-state index in [1.54, 1.807) is 0 Å². The molecule has 0 saturated carbocycles. The molecule has 4 nitrogen and oxygen atoms in total. The predicted molar refractivity (Wildman–Crippen MR) is 275 cm³/mol. The van der Waals surface area contributed by atoms with Crippen molar-refractivity contribution in [2.75, 3.05) is 0 Å². The zero-order chi connectivity index (χ0) is 43.9. The van der Waals surface area contributed by atoms with Crippen LogP contribution in [-0.2, 0) is 0 Å². The van der Waals surface area contributed by atoms with Gasteiger partial charge in [-0.2, -0.15) is 0 Å². The zero-order valence-electron chi connectivity index (χ0n) is 37.1. The van der Waals surface area contributed by atoms with Gasteiger partial charge < -0.3 is 13.4 Å². The summed E-state index contributed by atoms with van der Waals surface area (Å²) in [5, 5.41) is 9.63. The van der Waals surface area contributed by atoms with E-state index in [0.717, 1.165) is 63.8 Å². The van der Waals surface area contributed by atoms with Gasteiger partial charge >= 0.3 is 0 Å². The summed E-state index contributed by atoms with van der Waals surface area (Å²) in [6.45, 7) is 4.78. The van der Waals surface area contributed by atoms with Gasteiger partial charge in [-0.15, -0.1) is 0 Å². The summed E-state index contributed by atoms with van der Waals surface area (Å²) >= 11 is 0. The monoisotopic (exact) mass is 852 g/mol. The van der Waals surface area contributed by atoms with Crippen LogP contribution in [0.4, 0.5) is 0 Å². The molecular formula is C62H48N2O2. The van der Waals surface area contributed by atoms with E-state index in [0.29, 0.717) is 0 Å². The fourth-order valence-corrected chi connectivity index (χ4v) is 11.6. The van der Waals surface area contributed by atoms with Crippen LogP contribution in [0.3, 0.4) is 0 Å². The first-order valence-corrected chi connectivity index (χ1v) is 23.6. The molecule has 1 aliphatic heterocycles. The van der Waals surface area contributed by atoms with Crippen molar-refractivity contribution in [3.8, 4) is 16.8 Å². The van der Waals surface area contributed by atoms with E-state index in [1.165, 1.54) is 71.2 Å². The molecule has 0 bridgehead atoms. The maximum absolute atomic E-state index is 6.90. The Morgan fingerprint density at radius 1 is 0.485 bits per heavy atom. The van der Waals surface area contributed by atoms with E-state index in [9.17, 15) is 0 Å². The minimum Gasteiger partial charge on any atom is -0.456 e. The van der Waals surface area contributed by atoms with Crippen LogP contribution in [0.5, 0.6) is 0 Å². The fourth-order valence-electron chi connectivity index (χ4n) is 11.6. The SMILES string of the molecule is CCC1/C(c2cccc(-c3ccccc3)c2)=N\C(c2cc(-n3c4ccccc4c4cc5ccccc5cc43)cc3oc4ccccc4c23)C(C)CCC1c1cccc2oc3ccccc3c12. The minimum atomic E-state index is -0.154. The second-order valence-corrected chi connectivity index (χ2v) is 18.5. The number of hydrogen-bond donors (Lipinski definition) is 0. The van der Waals surface area contributed by atoms with Crippen molar-refractivity contribution in [3.05, 3.63) is 211 Å². The highest BCUT2D eigenvalue weighted by atomic mass is 16.3. The summed E-state index contributed by atoms with van der Waals surface area (Å²) in [6.07, 6.45) is 2.95. The van der Waals surface area contributed by atoms with Crippen molar-refractivity contribution in [1.29, 1.82) is 0 Å². The Labute approximate surface area is 383 Å². The number of fused-ring (bicyclic) bond motifs is 10. The Kier molecular flexibility index (Phi) is 9.09. The smallest absolute Gasteiger partial charge is 0.137 e. The van der Waals surface area contributed by atoms with Gasteiger partial charge in [0.15, 0.2) is 0 Å². The summed E-state index contributed by atoms with van der Waals surface area (Å²) in [5.74, 6) is 0.554. The van der Waals surface area contributed by atoms with Gasteiger partial charge in [0.1, 0.15) is 22.3 Å². The van der Waals surface area contributed by atoms with Crippen molar-refractivity contribution in [2.24, 2.45) is 16.8 Å². The Morgan fingerprint density at radius 3 is 1.89 bits per heavy atom. The van der Waals surface area contributed by atoms with Gasteiger partial charge in [0.25, 0.3) is 0 Å². The van der Waals surface area contributed by atoms with Crippen LogP contribution in [0.2, 0.25) is 0 Å². The van der Waals surface area contributed by atoms with Crippen LogP contribution in [0, 0.1) is 11.8 Å². The minimum absolute atomic E-state index is 0.135. The Balaban J connectivity index is 1.08. The quantitative estimate of drug-likeness (QED) is 0.167. The standard InChI is InChI=1S/C62H48N2O2/c1-3-45-46(48-26-16-30-57-59(48)49-24-10-13-28-55(49)65-57)32-31-38(2)61(63-62(45)43-22-15-21-40(33-43)39-17-5-4-6-18-39)52-36-44(37-58-60(52)50-25-11-14-29-56(50)66-58)64-53-27-12-9-23-47(53)51-34-41-19-7-8-20-42(41)35-54(51)64/h4-30,33-38,45-46,61H,3,31-32H2,1-2H3/b63-62-. The van der Waals surface area contributed by atoms with Crippen molar-refractivity contribution < 1.29 is 8.83 Å². The van der Waals surface area contributed by atoms with Crippen molar-refractivity contribution in [1.82, 2.24) is 4.57 Å². The Bertz CT molecular complexity index is 3870. The van der Waals surface area contributed by atoms with E-state index >= 15 is 0 Å². The number of rotatable bonds is 6. The molecule has 1 aliphatic rings. The Hall–Kier alpha value is -7.69. The van der Waals surface area contributed by atoms with E-state index in [4.69, 9.17) is 13.8 Å². The summed E-state index contributed by atoms with van der Waals surface area (Å²) in [5.41, 5.74) is 14.4. The normalized spacial score (nSPS) is 19.0. The molecule has 0 fully saturated rings. The van der Waals surface area contributed by atoms with Gasteiger partial charge in [-0.3, -0.25) is 4.99 Å². The van der Waals surface area contributed by atoms with Crippen LogP contribution >= 0.6 is 0 Å². The first-order valence-electron chi connectivity index (χ1n) is 23.6. The lowest BCUT2D eigenvalue weighted by molar-refractivity contribution is 0.364. The molecule has 13 rings (SSSR count). The van der Waals surface area contributed by atoms with Crippen LogP contribution in [0.15, 0.2) is 208 Å². The van der Waals surface area contributed by atoms with Gasteiger partial charge in [0, 0.05) is 50.0 Å². The number of hydrogen-bond acceptors (Lipinski definition) is 3. The van der Waals surface area contributed by atoms with Crippen LogP contribution in [0.1, 0.15) is 61.8 Å². The molecule has 0 amide bonds. The third-order valence-electron chi connectivity index (χ3n) is 14.7. The van der Waals surface area contributed by atoms with Gasteiger partial charge in [0.2, 0.25) is 0 Å². The first kappa shape index (κ1) is 38.7. The van der Waals surface area contributed by atoms with Crippen molar-refractivity contribution >= 4 is 82.2 Å². The third kappa shape index (κ3) is 6.15. The molecule has 4 heteroatoms. The molecule has 3 aromatic heterocycles. The first-order chi connectivity index (χ1) is 32.6. The fraction of sp³-hybridized carbons (Fsp3) is 0.145. The molecule has 0 saturated heterocycles. The van der Waals surface area contributed by atoms with Crippen LogP contribution in [-0.4, -0.2) is 10.3 Å². The highest BCUT2D eigenvalue weighted by Crippen LogP contribution is 2.48. The molecule has 4 heterocycles. The highest BCUT2D eigenvalue weighted by molar-refractivity contribution is 6.15. The predicted octanol–water partition coefficient (Wildman–Crippen LogP) is 17.2. The van der Waals surface area contributed by atoms with E-state index in [2.05, 4.69) is 213 Å². The molecule has 9 aromatic carbocycles. The second-order valence-electron chi connectivity index (χ2n) is 18.5. The van der Waals surface area contributed by atoms with E-state index in [1.807, 2.05) is 0 Å². The molecule has 0 radical (unpaired) electrons. The van der Waals surface area contributed by atoms with Crippen molar-refractivity contribution in [2.45, 2.75) is 45.1 Å². The molecule has 4 unspecified atom stereocenters. The molecular weight excluding hydrogens is 805 g/mol. The molecule has 0 aliphatic carbocycles. The molecule has 0 N–H and O–H groups in total. The lowest BCUT2D eigenvalue weighted by atomic mass is 9.72. The number of nitrogens with zero attached hydrogens (tertiary/aromatic N) is 2. The zero-order valence-corrected chi connectivity index (χ0v) is 37.1. The number of para-hydroxylation sites is 3. The second kappa shape index (κ2) is 15.5. The summed E-state index contributed by atoms with van der Waals surface area (Å²) in [7, 11) is 0. The summed E-state index contributed by atoms with van der Waals surface area (Å²) < 4.78 is 15.9. The van der Waals surface area contributed by atoms with Gasteiger partial charge in [-0.1, -0.05) is 153 Å². The van der Waals surface area contributed by atoms with Gasteiger partial charge in [0.05, 0.1) is 22.8 Å². The Morgan fingerprint density at radius 2 is 1.11 bits per heavy atom. The molecule has 0 spiro atoms. The maximum atomic E-state index is 6.90. The summed E-state index contributed by atoms with van der Waals surface area (Å²) in [6, 6.07) is 70.4. The number of aromatic nitrogens is 1. The number of furan rings is 2. The molecule has 12 aromatic rings. The van der Waals surface area contributed by atoms with Crippen molar-refractivity contribution in [3.63, 3.8) is 0 Å². The third-order valence-corrected chi connectivity index (χ3v) is 14.7. The molecule has 318 valence electrons. The topological polar surface area (TPSA) is 43.6 Å². The van der Waals surface area contributed by atoms with E-state index in [-0.39, 0.29) is 23.8 Å². The lowest BCUT2D eigenvalue weighted by Crippen LogP contribution is -2.28. The maximum Gasteiger partial charge on any atom is 0.137 e. The van der Waals surface area contributed by atoms with Crippen LogP contribution in [0.25, 0.3) is 93.3 Å². The average Bonchev–Trinajstić information content (AvgIpc) is 4.04. The van der Waals surface area contributed by atoms with Gasteiger partial charge in [-0.25, -0.2) is 0 Å². The molecule has 4 atom stereocenters. The molecule has 66 heavy (non-hydrogen) atoms.